The van der Waals surface area contributed by atoms with Crippen LogP contribution in [0.25, 0.3) is 22.6 Å². The van der Waals surface area contributed by atoms with Crippen LogP contribution in [0.4, 0.5) is 10.1 Å². The molecule has 0 saturated heterocycles. The normalized spacial score (nSPS) is 11.4. The number of hydrogen-bond donors (Lipinski definition) is 2. The topological polar surface area (TPSA) is 78.9 Å². The molecule has 128 valence electrons. The number of phenolic OH excluding ortho intramolecular Hbond substituents is 2. The van der Waals surface area contributed by atoms with Gasteiger partial charge >= 0.3 is 0 Å². The number of benzene rings is 3. The molecule has 0 saturated carbocycles. The fraction of sp³-hybridized carbons (Fsp3) is 0. The predicted molar refractivity (Wildman–Crippen MR) is 96.4 cm³/mol. The standard InChI is InChI=1S/C20H13FN2O3/c21-14-4-1-12(2-5-14)20-23-17-9-15(6-8-19(17)26-20)22-11-13-3-7-16(24)10-18(13)25/h1-11,24-25H. The summed E-state index contributed by atoms with van der Waals surface area (Å²) in [7, 11) is 0. The molecule has 0 unspecified atom stereocenters. The second-order valence-electron chi connectivity index (χ2n) is 5.68. The Morgan fingerprint density at radius 2 is 1.77 bits per heavy atom. The Bertz CT molecular complexity index is 1120. The number of hydrogen-bond acceptors (Lipinski definition) is 5. The number of oxazole rings is 1. The van der Waals surface area contributed by atoms with Gasteiger partial charge in [-0.25, -0.2) is 9.37 Å². The highest BCUT2D eigenvalue weighted by molar-refractivity contribution is 5.87. The van der Waals surface area contributed by atoms with Crippen LogP contribution >= 0.6 is 0 Å². The number of nitrogens with zero attached hydrogens (tertiary/aromatic N) is 2. The van der Waals surface area contributed by atoms with E-state index in [0.29, 0.717) is 33.8 Å². The van der Waals surface area contributed by atoms with E-state index in [1.165, 1.54) is 30.5 Å². The molecule has 4 aromatic rings. The summed E-state index contributed by atoms with van der Waals surface area (Å²) in [5, 5.41) is 19.1. The maximum Gasteiger partial charge on any atom is 0.227 e. The molecule has 0 aliphatic carbocycles. The van der Waals surface area contributed by atoms with E-state index in [1.807, 2.05) is 0 Å². The lowest BCUT2D eigenvalue weighted by Crippen LogP contribution is -1.81. The van der Waals surface area contributed by atoms with Crippen LogP contribution in [0.1, 0.15) is 5.56 Å². The molecular weight excluding hydrogens is 335 g/mol. The lowest BCUT2D eigenvalue weighted by molar-refractivity contribution is 0.450. The molecule has 6 heteroatoms. The van der Waals surface area contributed by atoms with Gasteiger partial charge in [-0.15, -0.1) is 0 Å². The first-order valence-corrected chi connectivity index (χ1v) is 7.81. The third kappa shape index (κ3) is 3.12. The van der Waals surface area contributed by atoms with Crippen molar-refractivity contribution in [3.05, 3.63) is 72.0 Å². The minimum atomic E-state index is -0.320. The lowest BCUT2D eigenvalue weighted by atomic mass is 10.2. The molecule has 26 heavy (non-hydrogen) atoms. The smallest absolute Gasteiger partial charge is 0.227 e. The van der Waals surface area contributed by atoms with Crippen LogP contribution < -0.4 is 0 Å². The van der Waals surface area contributed by atoms with Crippen LogP contribution in [0.15, 0.2) is 70.1 Å². The molecule has 0 aliphatic rings. The van der Waals surface area contributed by atoms with Crippen LogP contribution in [-0.2, 0) is 0 Å². The molecular formula is C20H13FN2O3. The number of aromatic hydroxyl groups is 2. The molecule has 1 heterocycles. The predicted octanol–water partition coefficient (Wildman–Crippen LogP) is 4.80. The minimum Gasteiger partial charge on any atom is -0.508 e. The van der Waals surface area contributed by atoms with Gasteiger partial charge in [0, 0.05) is 23.4 Å². The fourth-order valence-electron chi connectivity index (χ4n) is 2.50. The maximum absolute atomic E-state index is 13.0. The van der Waals surface area contributed by atoms with Crippen LogP contribution in [0, 0.1) is 5.82 Å². The van der Waals surface area contributed by atoms with E-state index in [0.717, 1.165) is 0 Å². The van der Waals surface area contributed by atoms with E-state index in [4.69, 9.17) is 4.42 Å². The molecule has 3 aromatic carbocycles. The Hall–Kier alpha value is -3.67. The highest BCUT2D eigenvalue weighted by Crippen LogP contribution is 2.28. The summed E-state index contributed by atoms with van der Waals surface area (Å²) in [6, 6.07) is 15.4. The molecule has 0 fully saturated rings. The van der Waals surface area contributed by atoms with Gasteiger partial charge in [-0.05, 0) is 54.6 Å². The largest absolute Gasteiger partial charge is 0.508 e. The molecule has 0 radical (unpaired) electrons. The first-order valence-electron chi connectivity index (χ1n) is 7.81. The number of aromatic nitrogens is 1. The highest BCUT2D eigenvalue weighted by Gasteiger charge is 2.09. The fourth-order valence-corrected chi connectivity index (χ4v) is 2.50. The number of phenols is 2. The zero-order valence-corrected chi connectivity index (χ0v) is 13.4. The molecule has 0 aliphatic heterocycles. The maximum atomic E-state index is 13.0. The summed E-state index contributed by atoms with van der Waals surface area (Å²) >= 11 is 0. The molecule has 2 N–H and O–H groups in total. The number of fused-ring (bicyclic) bond motifs is 1. The molecule has 0 amide bonds. The molecule has 0 bridgehead atoms. The summed E-state index contributed by atoms with van der Waals surface area (Å²) in [5.74, 6) is 0.00289. The summed E-state index contributed by atoms with van der Waals surface area (Å²) in [6.07, 6.45) is 1.50. The average molecular weight is 348 g/mol. The van der Waals surface area contributed by atoms with Crippen LogP contribution in [0.2, 0.25) is 0 Å². The van der Waals surface area contributed by atoms with E-state index >= 15 is 0 Å². The van der Waals surface area contributed by atoms with Crippen molar-refractivity contribution in [3.8, 4) is 23.0 Å². The minimum absolute atomic E-state index is 0.0167. The Balaban J connectivity index is 1.65. The van der Waals surface area contributed by atoms with Crippen molar-refractivity contribution in [1.29, 1.82) is 0 Å². The molecule has 0 spiro atoms. The Kier molecular flexibility index (Phi) is 3.85. The van der Waals surface area contributed by atoms with E-state index in [9.17, 15) is 14.6 Å². The first-order chi connectivity index (χ1) is 12.6. The van der Waals surface area contributed by atoms with Crippen molar-refractivity contribution in [1.82, 2.24) is 4.98 Å². The third-order valence-corrected chi connectivity index (χ3v) is 3.83. The van der Waals surface area contributed by atoms with Crippen molar-refractivity contribution < 1.29 is 19.0 Å². The SMILES string of the molecule is Oc1ccc(C=Nc2ccc3oc(-c4ccc(F)cc4)nc3c2)c(O)c1. The number of rotatable bonds is 3. The van der Waals surface area contributed by atoms with Gasteiger partial charge in [0.15, 0.2) is 5.58 Å². The molecule has 4 rings (SSSR count). The van der Waals surface area contributed by atoms with Gasteiger partial charge in [-0.3, -0.25) is 4.99 Å². The van der Waals surface area contributed by atoms with Gasteiger partial charge in [0.05, 0.1) is 5.69 Å². The van der Waals surface area contributed by atoms with E-state index in [-0.39, 0.29) is 17.3 Å². The van der Waals surface area contributed by atoms with E-state index in [2.05, 4.69) is 9.98 Å². The number of halogens is 1. The quantitative estimate of drug-likeness (QED) is 0.522. The number of aliphatic imine (C=N–C) groups is 1. The first kappa shape index (κ1) is 15.8. The average Bonchev–Trinajstić information content (AvgIpc) is 3.05. The lowest BCUT2D eigenvalue weighted by Gasteiger charge is -1.99. The van der Waals surface area contributed by atoms with Gasteiger partial charge in [-0.1, -0.05) is 0 Å². The molecule has 1 aromatic heterocycles. The zero-order chi connectivity index (χ0) is 18.1. The van der Waals surface area contributed by atoms with E-state index < -0.39 is 0 Å². The van der Waals surface area contributed by atoms with Crippen molar-refractivity contribution in [2.24, 2.45) is 4.99 Å². The van der Waals surface area contributed by atoms with Gasteiger partial charge in [0.2, 0.25) is 5.89 Å². The summed E-state index contributed by atoms with van der Waals surface area (Å²) in [5.41, 5.74) is 3.00. The van der Waals surface area contributed by atoms with Crippen molar-refractivity contribution in [2.75, 3.05) is 0 Å². The zero-order valence-electron chi connectivity index (χ0n) is 13.4. The van der Waals surface area contributed by atoms with Gasteiger partial charge in [0.1, 0.15) is 22.8 Å². The van der Waals surface area contributed by atoms with Crippen molar-refractivity contribution in [3.63, 3.8) is 0 Å². The van der Waals surface area contributed by atoms with Gasteiger partial charge < -0.3 is 14.6 Å². The Morgan fingerprint density at radius 1 is 0.962 bits per heavy atom. The Morgan fingerprint density at radius 3 is 2.54 bits per heavy atom. The monoisotopic (exact) mass is 348 g/mol. The van der Waals surface area contributed by atoms with Crippen LogP contribution in [0.5, 0.6) is 11.5 Å². The van der Waals surface area contributed by atoms with Gasteiger partial charge in [-0.2, -0.15) is 0 Å². The molecule has 0 atom stereocenters. The van der Waals surface area contributed by atoms with E-state index in [1.54, 1.807) is 36.4 Å². The summed E-state index contributed by atoms with van der Waals surface area (Å²) in [4.78, 5) is 8.72. The van der Waals surface area contributed by atoms with Crippen molar-refractivity contribution >= 4 is 23.0 Å². The second kappa shape index (κ2) is 6.33. The summed E-state index contributed by atoms with van der Waals surface area (Å²) < 4.78 is 18.7. The highest BCUT2D eigenvalue weighted by atomic mass is 19.1. The van der Waals surface area contributed by atoms with Crippen molar-refractivity contribution in [2.45, 2.75) is 0 Å². The third-order valence-electron chi connectivity index (χ3n) is 3.83. The second-order valence-corrected chi connectivity index (χ2v) is 5.68. The van der Waals surface area contributed by atoms with Crippen LogP contribution in [-0.4, -0.2) is 21.4 Å². The van der Waals surface area contributed by atoms with Crippen LogP contribution in [0.3, 0.4) is 0 Å². The molecule has 5 nitrogen and oxygen atoms in total. The summed E-state index contributed by atoms with van der Waals surface area (Å²) in [6.45, 7) is 0. The Labute approximate surface area is 147 Å². The van der Waals surface area contributed by atoms with Gasteiger partial charge in [0.25, 0.3) is 0 Å².